The quantitative estimate of drug-likeness (QED) is 0.485. The van der Waals surface area contributed by atoms with Crippen LogP contribution in [0.4, 0.5) is 4.39 Å². The Morgan fingerprint density at radius 3 is 2.40 bits per heavy atom. The number of hydrogen-bond donors (Lipinski definition) is 2. The smallest absolute Gasteiger partial charge is 0.372 e. The Morgan fingerprint density at radius 1 is 1.13 bits per heavy atom. The van der Waals surface area contributed by atoms with Crippen LogP contribution in [0.3, 0.4) is 0 Å². The molecule has 3 heterocycles. The molecule has 0 atom stereocenters. The van der Waals surface area contributed by atoms with Crippen molar-refractivity contribution in [3.63, 3.8) is 0 Å². The summed E-state index contributed by atoms with van der Waals surface area (Å²) in [7, 11) is 5.70. The Bertz CT molecular complexity index is 1120. The van der Waals surface area contributed by atoms with Crippen LogP contribution in [0.1, 0.15) is 30.8 Å². The third-order valence-electron chi connectivity index (χ3n) is 3.90. The standard InChI is InChI=1S/C18H14BClFN3O4.C2H6/c1-9-7-22-15(19)6-14(9)24-10(2)3-12(5-16(24)25)28-18(26,27)17-13(21)4-11(20)8-23-17;1-2/h3-8,26-27H,1-2H3;1-2H3. The fraction of sp³-hybridized carbons (Fsp3) is 0.250. The third-order valence-corrected chi connectivity index (χ3v) is 4.11. The minimum Gasteiger partial charge on any atom is -0.434 e. The molecule has 3 aromatic rings. The van der Waals surface area contributed by atoms with Gasteiger partial charge in [-0.05, 0) is 37.1 Å². The Hall–Kier alpha value is -2.75. The number of halogens is 2. The molecule has 0 aliphatic heterocycles. The zero-order valence-electron chi connectivity index (χ0n) is 16.8. The molecule has 0 saturated carbocycles. The van der Waals surface area contributed by atoms with E-state index in [1.807, 2.05) is 13.8 Å². The molecule has 0 unspecified atom stereocenters. The maximum atomic E-state index is 13.9. The molecule has 2 radical (unpaired) electrons. The summed E-state index contributed by atoms with van der Waals surface area (Å²) in [5.41, 5.74) is 0.559. The Balaban J connectivity index is 0.00000155. The zero-order valence-corrected chi connectivity index (χ0v) is 17.6. The average Bonchev–Trinajstić information content (AvgIpc) is 2.65. The largest absolute Gasteiger partial charge is 0.434 e. The molecule has 7 nitrogen and oxygen atoms in total. The van der Waals surface area contributed by atoms with Crippen molar-refractivity contribution < 1.29 is 19.3 Å². The molecule has 2 N–H and O–H groups in total. The zero-order chi connectivity index (χ0) is 22.6. The molecule has 0 bridgehead atoms. The van der Waals surface area contributed by atoms with Crippen LogP contribution in [0.15, 0.2) is 41.5 Å². The number of nitrogens with zero attached hydrogens (tertiary/aromatic N) is 3. The number of ether oxygens (including phenoxy) is 1. The van der Waals surface area contributed by atoms with E-state index in [1.54, 1.807) is 19.9 Å². The van der Waals surface area contributed by atoms with Crippen molar-refractivity contribution in [2.75, 3.05) is 0 Å². The molecule has 0 fully saturated rings. The van der Waals surface area contributed by atoms with Crippen LogP contribution in [-0.4, -0.2) is 32.6 Å². The Morgan fingerprint density at radius 2 is 1.80 bits per heavy atom. The Labute approximate surface area is 179 Å². The van der Waals surface area contributed by atoms with E-state index in [1.165, 1.54) is 16.8 Å². The first-order chi connectivity index (χ1) is 14.1. The highest BCUT2D eigenvalue weighted by Crippen LogP contribution is 2.26. The van der Waals surface area contributed by atoms with Gasteiger partial charge in [0.25, 0.3) is 5.56 Å². The summed E-state index contributed by atoms with van der Waals surface area (Å²) in [6, 6.07) is 4.80. The average molecular weight is 432 g/mol. The van der Waals surface area contributed by atoms with Crippen molar-refractivity contribution in [3.05, 3.63) is 74.8 Å². The molecular weight excluding hydrogens is 412 g/mol. The highest BCUT2D eigenvalue weighted by atomic mass is 35.5. The summed E-state index contributed by atoms with van der Waals surface area (Å²) in [6.07, 6.45) is 2.56. The van der Waals surface area contributed by atoms with Gasteiger partial charge in [0, 0.05) is 30.2 Å². The van der Waals surface area contributed by atoms with Gasteiger partial charge in [0.05, 0.1) is 10.7 Å². The summed E-state index contributed by atoms with van der Waals surface area (Å²) >= 11 is 5.60. The maximum Gasteiger partial charge on any atom is 0.372 e. The second kappa shape index (κ2) is 9.38. The van der Waals surface area contributed by atoms with Crippen LogP contribution >= 0.6 is 11.6 Å². The first kappa shape index (κ1) is 23.5. The van der Waals surface area contributed by atoms with Crippen LogP contribution in [0.5, 0.6) is 5.75 Å². The lowest BCUT2D eigenvalue weighted by molar-refractivity contribution is -0.308. The van der Waals surface area contributed by atoms with Gasteiger partial charge >= 0.3 is 5.97 Å². The molecule has 0 aliphatic rings. The lowest BCUT2D eigenvalue weighted by Gasteiger charge is -2.23. The third kappa shape index (κ3) is 5.05. The lowest BCUT2D eigenvalue weighted by atomic mass is 10.0. The van der Waals surface area contributed by atoms with Gasteiger partial charge in [-0.15, -0.1) is 0 Å². The van der Waals surface area contributed by atoms with Gasteiger partial charge in [-0.1, -0.05) is 25.4 Å². The highest BCUT2D eigenvalue weighted by Gasteiger charge is 2.34. The van der Waals surface area contributed by atoms with Gasteiger partial charge in [-0.25, -0.2) is 9.37 Å². The minimum absolute atomic E-state index is 0.0255. The predicted molar refractivity (Wildman–Crippen MR) is 112 cm³/mol. The molecule has 0 aromatic carbocycles. The second-order valence-corrected chi connectivity index (χ2v) is 6.53. The fourth-order valence-corrected chi connectivity index (χ4v) is 2.82. The van der Waals surface area contributed by atoms with Gasteiger partial charge in [0.2, 0.25) is 0 Å². The van der Waals surface area contributed by atoms with E-state index < -0.39 is 23.0 Å². The molecule has 10 heteroatoms. The topological polar surface area (TPSA) is 97.5 Å². The van der Waals surface area contributed by atoms with Crippen LogP contribution in [-0.2, 0) is 5.97 Å². The second-order valence-electron chi connectivity index (χ2n) is 6.10. The molecule has 30 heavy (non-hydrogen) atoms. The van der Waals surface area contributed by atoms with Gasteiger partial charge in [-0.2, -0.15) is 0 Å². The number of aliphatic hydroxyl groups is 2. The predicted octanol–water partition coefficient (Wildman–Crippen LogP) is 2.03. The monoisotopic (exact) mass is 431 g/mol. The van der Waals surface area contributed by atoms with Crippen molar-refractivity contribution in [1.29, 1.82) is 0 Å². The summed E-state index contributed by atoms with van der Waals surface area (Å²) < 4.78 is 20.3. The summed E-state index contributed by atoms with van der Waals surface area (Å²) in [5, 5.41) is 20.2. The van der Waals surface area contributed by atoms with Crippen molar-refractivity contribution >= 4 is 25.0 Å². The first-order valence-corrected chi connectivity index (χ1v) is 9.38. The maximum absolute atomic E-state index is 13.9. The molecule has 156 valence electrons. The molecule has 0 spiro atoms. The van der Waals surface area contributed by atoms with E-state index in [0.29, 0.717) is 16.9 Å². The fourth-order valence-electron chi connectivity index (χ4n) is 2.68. The van der Waals surface area contributed by atoms with Gasteiger partial charge in [-0.3, -0.25) is 14.3 Å². The normalized spacial score (nSPS) is 10.9. The van der Waals surface area contributed by atoms with Crippen molar-refractivity contribution in [1.82, 2.24) is 14.5 Å². The Kier molecular flexibility index (Phi) is 7.36. The van der Waals surface area contributed by atoms with E-state index in [0.717, 1.165) is 18.3 Å². The van der Waals surface area contributed by atoms with E-state index in [2.05, 4.69) is 9.97 Å². The SMILES string of the molecule is CC.[B]c1cc(-n2c(C)cc(OC(O)(O)c3ncc(Cl)cc3F)cc2=O)c(C)cn1. The number of aryl methyl sites for hydroxylation is 2. The molecule has 0 saturated heterocycles. The first-order valence-electron chi connectivity index (χ1n) is 9.00. The summed E-state index contributed by atoms with van der Waals surface area (Å²) in [4.78, 5) is 20.1. The number of rotatable bonds is 4. The van der Waals surface area contributed by atoms with Crippen LogP contribution in [0.2, 0.25) is 5.02 Å². The number of pyridine rings is 3. The van der Waals surface area contributed by atoms with Crippen molar-refractivity contribution in [3.8, 4) is 11.4 Å². The van der Waals surface area contributed by atoms with E-state index in [9.17, 15) is 19.4 Å². The van der Waals surface area contributed by atoms with Gasteiger partial charge in [0.15, 0.2) is 11.5 Å². The molecular formula is C20H20BClFN3O4. The van der Waals surface area contributed by atoms with Crippen LogP contribution < -0.4 is 15.9 Å². The number of aromatic nitrogens is 3. The van der Waals surface area contributed by atoms with Crippen molar-refractivity contribution in [2.45, 2.75) is 33.7 Å². The molecule has 0 aliphatic carbocycles. The van der Waals surface area contributed by atoms with Crippen molar-refractivity contribution in [2.24, 2.45) is 0 Å². The van der Waals surface area contributed by atoms with E-state index in [-0.39, 0.29) is 16.4 Å². The molecule has 3 rings (SSSR count). The number of hydrogen-bond acceptors (Lipinski definition) is 6. The highest BCUT2D eigenvalue weighted by molar-refractivity contribution is 6.30. The summed E-state index contributed by atoms with van der Waals surface area (Å²) in [6.45, 7) is 7.38. The van der Waals surface area contributed by atoms with Gasteiger partial charge in [0.1, 0.15) is 13.6 Å². The van der Waals surface area contributed by atoms with E-state index in [4.69, 9.17) is 24.2 Å². The molecule has 3 aromatic heterocycles. The summed E-state index contributed by atoms with van der Waals surface area (Å²) in [5.74, 6) is -4.39. The van der Waals surface area contributed by atoms with E-state index >= 15 is 0 Å². The van der Waals surface area contributed by atoms with Gasteiger partial charge < -0.3 is 14.9 Å². The molecule has 0 amide bonds. The lowest BCUT2D eigenvalue weighted by Crippen LogP contribution is -2.35. The van der Waals surface area contributed by atoms with Crippen LogP contribution in [0.25, 0.3) is 5.69 Å². The minimum atomic E-state index is -3.11. The van der Waals surface area contributed by atoms with Crippen LogP contribution in [0, 0.1) is 19.7 Å².